The van der Waals surface area contributed by atoms with Gasteiger partial charge in [0.1, 0.15) is 23.2 Å². The maximum absolute atomic E-state index is 14.1. The van der Waals surface area contributed by atoms with Crippen LogP contribution < -0.4 is 85.2 Å². The fraction of sp³-hybridized carbons (Fsp3) is 0.547. The molecule has 2 fully saturated rings. The number of nitrogens with two attached hydrogens (primary N) is 6. The van der Waals surface area contributed by atoms with E-state index in [2.05, 4.69) is 21.3 Å². The summed E-state index contributed by atoms with van der Waals surface area (Å²) in [7, 11) is 1.25. The molecule has 2 aliphatic heterocycles. The number of ketones is 2. The van der Waals surface area contributed by atoms with E-state index in [1.807, 2.05) is 163 Å². The van der Waals surface area contributed by atoms with E-state index < -0.39 is 101 Å². The molecule has 101 heavy (non-hydrogen) atoms. The molecule has 0 aliphatic carbocycles. The molecule has 26 heteroatoms. The molecule has 0 bridgehead atoms. The molecule has 550 valence electrons. The van der Waals surface area contributed by atoms with E-state index >= 15 is 0 Å². The third-order valence-electron chi connectivity index (χ3n) is 18.8. The van der Waals surface area contributed by atoms with Crippen LogP contribution in [-0.4, -0.2) is 173 Å². The number of methoxy groups -OCH3 is 1. The second kappa shape index (κ2) is 43.6. The summed E-state index contributed by atoms with van der Waals surface area (Å²) in [4.78, 5) is 137. The predicted molar refractivity (Wildman–Crippen MR) is 382 cm³/mol. The minimum atomic E-state index is -1.55. The smallest absolute Gasteiger partial charge is 0.870 e. The van der Waals surface area contributed by atoms with Crippen molar-refractivity contribution in [2.45, 2.75) is 191 Å². The number of esters is 1. The Labute approximate surface area is 617 Å². The molecule has 12 atom stereocenters. The van der Waals surface area contributed by atoms with E-state index in [0.717, 1.165) is 22.3 Å². The van der Waals surface area contributed by atoms with Gasteiger partial charge in [-0.2, -0.15) is 0 Å². The molecule has 0 spiro atoms. The van der Waals surface area contributed by atoms with E-state index in [9.17, 15) is 53.1 Å². The number of aliphatic carboxylic acids is 1. The van der Waals surface area contributed by atoms with E-state index in [-0.39, 0.29) is 141 Å². The molecule has 2 heterocycles. The Balaban J connectivity index is 0.000000515. The number of unbranched alkanes of at least 4 members (excludes halogenated alkanes) is 2. The van der Waals surface area contributed by atoms with Gasteiger partial charge in [-0.25, -0.2) is 4.79 Å². The first-order valence-electron chi connectivity index (χ1n) is 34.9. The summed E-state index contributed by atoms with van der Waals surface area (Å²) in [5.41, 5.74) is 37.1. The van der Waals surface area contributed by atoms with Crippen LogP contribution in [0.15, 0.2) is 121 Å². The zero-order valence-corrected chi connectivity index (χ0v) is 62.4. The Kier molecular flexibility index (Phi) is 38.0. The number of Topliss-reactive ketones (excluding diaryl/α,β-unsaturated/α-hetero) is 2. The van der Waals surface area contributed by atoms with E-state index in [4.69, 9.17) is 39.1 Å². The second-order valence-corrected chi connectivity index (χ2v) is 27.8. The van der Waals surface area contributed by atoms with Gasteiger partial charge in [-0.3, -0.25) is 43.2 Å². The molecule has 0 saturated carbocycles. The average Bonchev–Trinajstić information content (AvgIpc) is 1.69. The van der Waals surface area contributed by atoms with Crippen molar-refractivity contribution in [2.24, 2.45) is 58.1 Å². The summed E-state index contributed by atoms with van der Waals surface area (Å²) >= 11 is 0. The Morgan fingerprint density at radius 1 is 0.495 bits per heavy atom. The first-order valence-corrected chi connectivity index (χ1v) is 34.9. The van der Waals surface area contributed by atoms with Gasteiger partial charge in [0.15, 0.2) is 11.6 Å². The second-order valence-electron chi connectivity index (χ2n) is 27.8. The van der Waals surface area contributed by atoms with Crippen molar-refractivity contribution in [3.8, 4) is 0 Å². The summed E-state index contributed by atoms with van der Waals surface area (Å²) in [6, 6.07) is 32.0. The standard InChI is InChI=1S/C38H56N6O6.C37H54N6O6.Na.H2O/c1-25(2)21-29(34(46)42-30(17-11-12-19-39)36(48)44-20-18-38(41,24-44)37(49)50-4)23-32(45)31(22-27-13-7-5-8-14-27)43-35(47)33(40)26(3)28-15-9-6-10-16-28;1-24(2)20-28(33(45)41-29(16-10-11-18-38)35(47)43-19-17-37(40,23-43)36(48)49)22-31(44)30(21-26-12-6-4-7-13-26)42-34(46)32(39)25(3)27-14-8-5-9-15-27;;/h5-10,13-16,25-26,29-31,33H,11-12,17-24,39-41H2,1-4H3,(H,42,46)(H,43,47);4-9,12-15,24-25,28-30,32H,10-11,16-23,38-40H2,1-3H3,(H,41,45)(H,42,46)(H,48,49);;1H2/q;;+1;/p-1/t26-,29+,30-,31-,33-,38?;25-,28+,29-,30-,32-,37?;;/m11../s1. The Bertz CT molecular complexity index is 3270. The van der Waals surface area contributed by atoms with Crippen molar-refractivity contribution in [1.29, 1.82) is 0 Å². The Morgan fingerprint density at radius 3 is 1.14 bits per heavy atom. The van der Waals surface area contributed by atoms with Gasteiger partial charge in [0.25, 0.3) is 0 Å². The quantitative estimate of drug-likeness (QED) is 0.0170. The van der Waals surface area contributed by atoms with E-state index in [0.29, 0.717) is 64.5 Å². The maximum Gasteiger partial charge on any atom is 1.00 e. The normalized spacial score (nSPS) is 18.6. The van der Waals surface area contributed by atoms with Crippen LogP contribution in [0.4, 0.5) is 0 Å². The zero-order chi connectivity index (χ0) is 73.0. The van der Waals surface area contributed by atoms with Crippen LogP contribution in [0.5, 0.6) is 0 Å². The van der Waals surface area contributed by atoms with Crippen LogP contribution in [0.25, 0.3) is 0 Å². The monoisotopic (exact) mass is 1410 g/mol. The molecule has 2 saturated heterocycles. The minimum Gasteiger partial charge on any atom is -0.870 e. The largest absolute Gasteiger partial charge is 1.00 e. The first-order chi connectivity index (χ1) is 47.0. The van der Waals surface area contributed by atoms with Crippen molar-refractivity contribution < 1.29 is 92.8 Å². The number of carbonyl (C=O) groups is 10. The third-order valence-corrected chi connectivity index (χ3v) is 18.8. The number of amides is 6. The predicted octanol–water partition coefficient (Wildman–Crippen LogP) is 1.10. The molecule has 2 aliphatic rings. The van der Waals surface area contributed by atoms with Crippen LogP contribution in [0.2, 0.25) is 0 Å². The van der Waals surface area contributed by atoms with Crippen LogP contribution in [0.1, 0.15) is 153 Å². The number of benzene rings is 4. The van der Waals surface area contributed by atoms with Crippen molar-refractivity contribution in [3.05, 3.63) is 144 Å². The van der Waals surface area contributed by atoms with Crippen molar-refractivity contribution in [2.75, 3.05) is 46.4 Å². The number of nitrogens with zero attached hydrogens (tertiary/aromatic N) is 2. The van der Waals surface area contributed by atoms with E-state index in [1.165, 1.54) is 16.9 Å². The average molecular weight is 1410 g/mol. The topological polar surface area (TPSA) is 441 Å². The molecule has 4 aromatic carbocycles. The Morgan fingerprint density at radius 2 is 0.822 bits per heavy atom. The SMILES string of the molecule is CC(C)C[C@@H](CC(=O)[C@@H](Cc1ccccc1)NC(=O)[C@H](N)[C@H](C)c1ccccc1)C(=O)N[C@H](CCCCN)C(=O)N1CCC(N)(C(=O)O)C1.COC(=O)C1(N)CCN(C(=O)[C@@H](CCCCN)NC(=O)[C@H](CC(=O)[C@@H](Cc2ccccc2)NC(=O)[C@H](N)[C@H](C)c2ccccc2)CC(C)C)C1.[Na+].[OH-]. The molecular formula is C75H111N12NaO13. The third kappa shape index (κ3) is 27.4. The maximum atomic E-state index is 14.1. The van der Waals surface area contributed by atoms with Crippen LogP contribution in [0, 0.1) is 23.7 Å². The minimum absolute atomic E-state index is 0. The molecule has 4 aromatic rings. The molecule has 0 radical (unpaired) electrons. The number of ether oxygens (including phenoxy) is 1. The fourth-order valence-electron chi connectivity index (χ4n) is 12.7. The number of carboxylic acids is 1. The van der Waals surface area contributed by atoms with Crippen LogP contribution >= 0.6 is 0 Å². The molecule has 25 nitrogen and oxygen atoms in total. The van der Waals surface area contributed by atoms with Gasteiger partial charge in [-0.1, -0.05) is 163 Å². The van der Waals surface area contributed by atoms with Gasteiger partial charge in [0.05, 0.1) is 31.3 Å². The molecule has 6 rings (SSSR count). The molecule has 0 aromatic heterocycles. The van der Waals surface area contributed by atoms with Crippen molar-refractivity contribution >= 4 is 58.9 Å². The summed E-state index contributed by atoms with van der Waals surface area (Å²) in [6.45, 7) is 12.6. The number of rotatable bonds is 38. The van der Waals surface area contributed by atoms with Gasteiger partial charge >= 0.3 is 41.5 Å². The number of carbonyl (C=O) groups excluding carboxylic acids is 9. The summed E-state index contributed by atoms with van der Waals surface area (Å²) in [6.07, 6.45) is 4.30. The number of carboxylic acid groups (broad SMARTS) is 1. The molecule has 6 amide bonds. The molecule has 2 unspecified atom stereocenters. The van der Waals surface area contributed by atoms with Gasteiger partial charge in [-0.15, -0.1) is 0 Å². The molecular weight excluding hydrogens is 1300 g/mol. The van der Waals surface area contributed by atoms with Gasteiger partial charge in [-0.05, 0) is 124 Å². The Hall–Kier alpha value is -7.30. The molecule has 18 N–H and O–H groups in total. The van der Waals surface area contributed by atoms with Crippen LogP contribution in [-0.2, 0) is 65.5 Å². The summed E-state index contributed by atoms with van der Waals surface area (Å²) < 4.78 is 4.85. The van der Waals surface area contributed by atoms with Gasteiger partial charge in [0.2, 0.25) is 35.4 Å². The number of likely N-dealkylation sites (tertiary alicyclic amines) is 2. The van der Waals surface area contributed by atoms with E-state index in [1.54, 1.807) is 0 Å². The number of hydrogen-bond donors (Lipinski definition) is 11. The summed E-state index contributed by atoms with van der Waals surface area (Å²) in [5, 5.41) is 21.2. The van der Waals surface area contributed by atoms with Crippen molar-refractivity contribution in [1.82, 2.24) is 31.1 Å². The van der Waals surface area contributed by atoms with Gasteiger partial charge < -0.3 is 80.8 Å². The first kappa shape index (κ1) is 87.9. The fourth-order valence-corrected chi connectivity index (χ4v) is 12.7. The number of nitrogens with one attached hydrogen (secondary N) is 4. The van der Waals surface area contributed by atoms with Crippen molar-refractivity contribution in [3.63, 3.8) is 0 Å². The summed E-state index contributed by atoms with van der Waals surface area (Å²) in [5.74, 6) is -7.03. The number of hydrogen-bond acceptors (Lipinski definition) is 18. The van der Waals surface area contributed by atoms with Crippen LogP contribution in [0.3, 0.4) is 0 Å². The van der Waals surface area contributed by atoms with Gasteiger partial charge in [0, 0.05) is 62.7 Å². The zero-order valence-electron chi connectivity index (χ0n) is 60.4.